The van der Waals surface area contributed by atoms with Crippen molar-refractivity contribution in [2.24, 2.45) is 5.92 Å². The molecule has 7 nitrogen and oxygen atoms in total. The summed E-state index contributed by atoms with van der Waals surface area (Å²) in [6.07, 6.45) is 1.09. The number of carboxylic acids is 1. The van der Waals surface area contributed by atoms with Gasteiger partial charge < -0.3 is 10.0 Å². The van der Waals surface area contributed by atoms with E-state index in [-0.39, 0.29) is 22.8 Å². The molecule has 0 bridgehead atoms. The molecule has 8 heteroatoms. The number of piperidine rings is 1. The van der Waals surface area contributed by atoms with Crippen LogP contribution in [0.4, 0.5) is 5.69 Å². The third kappa shape index (κ3) is 3.13. The number of hydrogen-bond acceptors (Lipinski definition) is 4. The Labute approximate surface area is 125 Å². The number of nitro groups is 1. The molecular formula is C13H13ClN2O5. The van der Waals surface area contributed by atoms with Gasteiger partial charge in [-0.15, -0.1) is 0 Å². The Kier molecular flexibility index (Phi) is 4.42. The Balaban J connectivity index is 2.26. The fourth-order valence-electron chi connectivity index (χ4n) is 2.36. The average Bonchev–Trinajstić information content (AvgIpc) is 2.46. The number of nitrogens with zero attached hydrogens (tertiary/aromatic N) is 2. The summed E-state index contributed by atoms with van der Waals surface area (Å²) in [6.45, 7) is 0.509. The predicted molar refractivity (Wildman–Crippen MR) is 74.4 cm³/mol. The maximum Gasteiger partial charge on any atom is 0.308 e. The van der Waals surface area contributed by atoms with Crippen LogP contribution in [0.3, 0.4) is 0 Å². The molecule has 1 amide bonds. The Morgan fingerprint density at radius 3 is 2.76 bits per heavy atom. The van der Waals surface area contributed by atoms with E-state index >= 15 is 0 Å². The first-order valence-electron chi connectivity index (χ1n) is 6.36. The van der Waals surface area contributed by atoms with E-state index in [1.807, 2.05) is 0 Å². The number of rotatable bonds is 3. The molecule has 1 aromatic carbocycles. The van der Waals surface area contributed by atoms with Crippen molar-refractivity contribution < 1.29 is 19.6 Å². The molecule has 1 heterocycles. The standard InChI is InChI=1S/C13H13ClN2O5/c14-11-9(4-1-5-10(11)16(20)21)12(17)15-6-2-3-8(7-15)13(18)19/h1,4-5,8H,2-3,6-7H2,(H,18,19)/t8-/m1/s1. The highest BCUT2D eigenvalue weighted by molar-refractivity contribution is 6.35. The van der Waals surface area contributed by atoms with Crippen molar-refractivity contribution in [3.63, 3.8) is 0 Å². The Bertz CT molecular complexity index is 604. The molecule has 1 aromatic rings. The van der Waals surface area contributed by atoms with E-state index in [9.17, 15) is 19.7 Å². The number of carboxylic acid groups (broad SMARTS) is 1. The monoisotopic (exact) mass is 312 g/mol. The molecule has 1 N–H and O–H groups in total. The highest BCUT2D eigenvalue weighted by Gasteiger charge is 2.30. The molecule has 21 heavy (non-hydrogen) atoms. The molecule has 0 unspecified atom stereocenters. The van der Waals surface area contributed by atoms with Gasteiger partial charge in [-0.2, -0.15) is 0 Å². The second-order valence-electron chi connectivity index (χ2n) is 4.82. The minimum Gasteiger partial charge on any atom is -0.481 e. The Hall–Kier alpha value is -2.15. The second-order valence-corrected chi connectivity index (χ2v) is 5.20. The van der Waals surface area contributed by atoms with Crippen molar-refractivity contribution in [1.29, 1.82) is 0 Å². The molecule has 112 valence electrons. The van der Waals surface area contributed by atoms with Crippen LogP contribution in [-0.2, 0) is 4.79 Å². The summed E-state index contributed by atoms with van der Waals surface area (Å²) in [5.41, 5.74) is -0.314. The highest BCUT2D eigenvalue weighted by atomic mass is 35.5. The molecule has 1 aliphatic rings. The number of aliphatic carboxylic acids is 1. The number of hydrogen-bond donors (Lipinski definition) is 1. The van der Waals surface area contributed by atoms with Gasteiger partial charge in [-0.1, -0.05) is 17.7 Å². The van der Waals surface area contributed by atoms with Gasteiger partial charge in [0.15, 0.2) is 0 Å². The summed E-state index contributed by atoms with van der Waals surface area (Å²) in [6, 6.07) is 4.01. The van der Waals surface area contributed by atoms with Crippen LogP contribution >= 0.6 is 11.6 Å². The lowest BCUT2D eigenvalue weighted by molar-refractivity contribution is -0.384. The first kappa shape index (κ1) is 15.2. The SMILES string of the molecule is O=C(O)[C@@H]1CCCN(C(=O)c2cccc([N+](=O)[O-])c2Cl)C1. The number of benzene rings is 1. The molecule has 0 aromatic heterocycles. The lowest BCUT2D eigenvalue weighted by Gasteiger charge is -2.30. The van der Waals surface area contributed by atoms with Crippen molar-refractivity contribution in [1.82, 2.24) is 4.90 Å². The first-order valence-corrected chi connectivity index (χ1v) is 6.74. The maximum absolute atomic E-state index is 12.4. The zero-order valence-corrected chi connectivity index (χ0v) is 11.7. The quantitative estimate of drug-likeness (QED) is 0.681. The first-order chi connectivity index (χ1) is 9.91. The largest absolute Gasteiger partial charge is 0.481 e. The summed E-state index contributed by atoms with van der Waals surface area (Å²) >= 11 is 5.91. The molecule has 0 saturated carbocycles. The number of amides is 1. The Morgan fingerprint density at radius 1 is 1.43 bits per heavy atom. The summed E-state index contributed by atoms with van der Waals surface area (Å²) < 4.78 is 0. The van der Waals surface area contributed by atoms with Gasteiger partial charge in [-0.05, 0) is 18.9 Å². The van der Waals surface area contributed by atoms with Crippen LogP contribution in [0.25, 0.3) is 0 Å². The molecular weight excluding hydrogens is 300 g/mol. The van der Waals surface area contributed by atoms with Gasteiger partial charge in [0.2, 0.25) is 0 Å². The van der Waals surface area contributed by atoms with Crippen LogP contribution < -0.4 is 0 Å². The number of carbonyl (C=O) groups excluding carboxylic acids is 1. The Morgan fingerprint density at radius 2 is 2.14 bits per heavy atom. The summed E-state index contributed by atoms with van der Waals surface area (Å²) in [5, 5.41) is 19.6. The van der Waals surface area contributed by atoms with Crippen molar-refractivity contribution in [2.45, 2.75) is 12.8 Å². The van der Waals surface area contributed by atoms with E-state index < -0.39 is 22.7 Å². The van der Waals surface area contributed by atoms with Gasteiger partial charge >= 0.3 is 5.97 Å². The second kappa shape index (κ2) is 6.09. The van der Waals surface area contributed by atoms with Crippen molar-refractivity contribution >= 4 is 29.2 Å². The summed E-state index contributed by atoms with van der Waals surface area (Å²) in [5.74, 6) is -2.03. The third-order valence-electron chi connectivity index (χ3n) is 3.46. The topological polar surface area (TPSA) is 101 Å². The lowest BCUT2D eigenvalue weighted by atomic mass is 9.97. The van der Waals surface area contributed by atoms with Crippen molar-refractivity contribution in [2.75, 3.05) is 13.1 Å². The maximum atomic E-state index is 12.4. The number of likely N-dealkylation sites (tertiary alicyclic amines) is 1. The van der Waals surface area contributed by atoms with E-state index in [2.05, 4.69) is 0 Å². The van der Waals surface area contributed by atoms with Crippen molar-refractivity contribution in [3.05, 3.63) is 38.9 Å². The van der Waals surface area contributed by atoms with Gasteiger partial charge in [0.1, 0.15) is 5.02 Å². The third-order valence-corrected chi connectivity index (χ3v) is 3.86. The van der Waals surface area contributed by atoms with E-state index in [0.29, 0.717) is 19.4 Å². The zero-order chi connectivity index (χ0) is 15.6. The van der Waals surface area contributed by atoms with E-state index in [1.54, 1.807) is 0 Å². The predicted octanol–water partition coefficient (Wildman–Crippen LogP) is 2.19. The number of nitro benzene ring substituents is 1. The molecule has 1 saturated heterocycles. The molecule has 2 rings (SSSR count). The number of halogens is 1. The summed E-state index contributed by atoms with van der Waals surface area (Å²) in [4.78, 5) is 35.0. The average molecular weight is 313 g/mol. The minimum atomic E-state index is -0.947. The number of carbonyl (C=O) groups is 2. The molecule has 0 spiro atoms. The van der Waals surface area contributed by atoms with Gasteiger partial charge in [0, 0.05) is 19.2 Å². The minimum absolute atomic E-state index is 0.0249. The van der Waals surface area contributed by atoms with Crippen LogP contribution in [-0.4, -0.2) is 39.9 Å². The smallest absolute Gasteiger partial charge is 0.308 e. The van der Waals surface area contributed by atoms with Crippen molar-refractivity contribution in [3.8, 4) is 0 Å². The van der Waals surface area contributed by atoms with Crippen LogP contribution in [0, 0.1) is 16.0 Å². The zero-order valence-electron chi connectivity index (χ0n) is 11.0. The fraction of sp³-hybridized carbons (Fsp3) is 0.385. The normalized spacial score (nSPS) is 18.3. The van der Waals surface area contributed by atoms with Crippen LogP contribution in [0.5, 0.6) is 0 Å². The van der Waals surface area contributed by atoms with E-state index in [4.69, 9.17) is 16.7 Å². The molecule has 0 aliphatic carbocycles. The van der Waals surface area contributed by atoms with E-state index in [0.717, 1.165) is 0 Å². The van der Waals surface area contributed by atoms with Gasteiger partial charge in [-0.3, -0.25) is 19.7 Å². The summed E-state index contributed by atoms with van der Waals surface area (Å²) in [7, 11) is 0. The van der Waals surface area contributed by atoms with Gasteiger partial charge in [-0.25, -0.2) is 0 Å². The molecule has 1 fully saturated rings. The fourth-order valence-corrected chi connectivity index (χ4v) is 2.64. The molecule has 1 atom stereocenters. The van der Waals surface area contributed by atoms with Gasteiger partial charge in [0.05, 0.1) is 16.4 Å². The van der Waals surface area contributed by atoms with E-state index in [1.165, 1.54) is 23.1 Å². The lowest BCUT2D eigenvalue weighted by Crippen LogP contribution is -2.42. The highest BCUT2D eigenvalue weighted by Crippen LogP contribution is 2.29. The van der Waals surface area contributed by atoms with Gasteiger partial charge in [0.25, 0.3) is 11.6 Å². The van der Waals surface area contributed by atoms with Crippen LogP contribution in [0.2, 0.25) is 5.02 Å². The molecule has 0 radical (unpaired) electrons. The van der Waals surface area contributed by atoms with Crippen LogP contribution in [0.1, 0.15) is 23.2 Å². The van der Waals surface area contributed by atoms with Crippen LogP contribution in [0.15, 0.2) is 18.2 Å². The molecule has 1 aliphatic heterocycles.